The first-order valence-electron chi connectivity index (χ1n) is 12.1. The average Bonchev–Trinajstić information content (AvgIpc) is 3.63. The highest BCUT2D eigenvalue weighted by Gasteiger charge is 2.72. The lowest BCUT2D eigenvalue weighted by molar-refractivity contribution is -0.101. The first kappa shape index (κ1) is 25.3. The Kier molecular flexibility index (Phi) is 6.98. The third-order valence-corrected chi connectivity index (χ3v) is 8.61. The van der Waals surface area contributed by atoms with Crippen LogP contribution in [0.3, 0.4) is 0 Å². The van der Waals surface area contributed by atoms with Gasteiger partial charge in [0.05, 0.1) is 30.5 Å². The van der Waals surface area contributed by atoms with E-state index in [2.05, 4.69) is 37.0 Å². The van der Waals surface area contributed by atoms with Crippen LogP contribution in [0.4, 0.5) is 9.93 Å². The molecule has 3 fully saturated rings. The Hall–Kier alpha value is -1.75. The lowest BCUT2D eigenvalue weighted by atomic mass is 9.67. The van der Waals surface area contributed by atoms with E-state index in [1.54, 1.807) is 12.0 Å². The summed E-state index contributed by atoms with van der Waals surface area (Å²) < 4.78 is 18.5. The summed E-state index contributed by atoms with van der Waals surface area (Å²) in [6.07, 6.45) is 3.76. The van der Waals surface area contributed by atoms with Crippen molar-refractivity contribution < 1.29 is 24.1 Å². The van der Waals surface area contributed by atoms with E-state index in [1.807, 2.05) is 13.8 Å². The Balaban J connectivity index is 1.63. The Labute approximate surface area is 205 Å². The molecule has 2 aliphatic heterocycles. The predicted molar refractivity (Wildman–Crippen MR) is 130 cm³/mol. The second-order valence-corrected chi connectivity index (χ2v) is 11.8. The van der Waals surface area contributed by atoms with Crippen molar-refractivity contribution in [1.29, 1.82) is 0 Å². The number of rotatable bonds is 9. The molecule has 1 saturated carbocycles. The van der Waals surface area contributed by atoms with Gasteiger partial charge in [0.2, 0.25) is 5.13 Å². The van der Waals surface area contributed by atoms with Gasteiger partial charge >= 0.3 is 6.09 Å². The summed E-state index contributed by atoms with van der Waals surface area (Å²) in [5.74, 6) is 0.0227. The number of amides is 1. The molecule has 34 heavy (non-hydrogen) atoms. The van der Waals surface area contributed by atoms with Crippen molar-refractivity contribution in [3.05, 3.63) is 16.7 Å². The molecule has 190 valence electrons. The molecular weight excluding hydrogens is 456 g/mol. The third-order valence-electron chi connectivity index (χ3n) is 7.83. The Morgan fingerprint density at radius 1 is 1.41 bits per heavy atom. The van der Waals surface area contributed by atoms with Gasteiger partial charge in [-0.15, -0.1) is 10.2 Å². The summed E-state index contributed by atoms with van der Waals surface area (Å²) in [6, 6.07) is -0.596. The number of carboxylic acid groups (broad SMARTS) is 1. The molecule has 3 N–H and O–H groups in total. The summed E-state index contributed by atoms with van der Waals surface area (Å²) in [7, 11) is 1.68. The second kappa shape index (κ2) is 9.37. The third kappa shape index (κ3) is 4.69. The van der Waals surface area contributed by atoms with Crippen LogP contribution in [0.2, 0.25) is 0 Å². The molecular formula is C24H38N4O5S. The average molecular weight is 495 g/mol. The van der Waals surface area contributed by atoms with Crippen LogP contribution in [0, 0.1) is 11.8 Å². The van der Waals surface area contributed by atoms with Gasteiger partial charge in [-0.05, 0) is 46.0 Å². The lowest BCUT2D eigenvalue weighted by Crippen LogP contribution is -2.63. The molecule has 2 saturated heterocycles. The van der Waals surface area contributed by atoms with Gasteiger partial charge < -0.3 is 25.1 Å². The van der Waals surface area contributed by atoms with Crippen molar-refractivity contribution in [2.75, 3.05) is 19.5 Å². The van der Waals surface area contributed by atoms with Crippen molar-refractivity contribution in [2.24, 2.45) is 11.8 Å². The van der Waals surface area contributed by atoms with Gasteiger partial charge in [0.25, 0.3) is 0 Å². The molecule has 9 nitrogen and oxygen atoms in total. The van der Waals surface area contributed by atoms with Crippen LogP contribution in [0.15, 0.2) is 11.6 Å². The van der Waals surface area contributed by atoms with E-state index in [-0.39, 0.29) is 41.7 Å². The summed E-state index contributed by atoms with van der Waals surface area (Å²) >= 11 is 1.31. The molecule has 0 bridgehead atoms. The van der Waals surface area contributed by atoms with Gasteiger partial charge in [-0.3, -0.25) is 4.90 Å². The van der Waals surface area contributed by atoms with Crippen molar-refractivity contribution in [1.82, 2.24) is 15.1 Å². The van der Waals surface area contributed by atoms with E-state index >= 15 is 0 Å². The summed E-state index contributed by atoms with van der Waals surface area (Å²) in [5.41, 5.74) is 6.34. The number of epoxide rings is 2. The molecule has 1 aliphatic carbocycles. The number of ether oxygens (including phenoxy) is 3. The van der Waals surface area contributed by atoms with E-state index in [0.29, 0.717) is 24.6 Å². The number of methoxy groups -OCH3 is 1. The molecule has 1 spiro atoms. The van der Waals surface area contributed by atoms with Gasteiger partial charge in [-0.25, -0.2) is 4.79 Å². The SMILES string of the molecule is CO[C@@H]1[C@H](N(C(=O)O)C(Cc2nnc(N)s2)C(C)C)CC[C@]2(CO2)[C@H]1[C@@]1(C)O[C@@H]1CC=C(C)C. The smallest absolute Gasteiger partial charge is 0.407 e. The summed E-state index contributed by atoms with van der Waals surface area (Å²) in [6.45, 7) is 11.1. The van der Waals surface area contributed by atoms with Crippen molar-refractivity contribution in [3.63, 3.8) is 0 Å². The Morgan fingerprint density at radius 3 is 2.62 bits per heavy atom. The lowest BCUT2D eigenvalue weighted by Gasteiger charge is -2.49. The Morgan fingerprint density at radius 2 is 2.12 bits per heavy atom. The van der Waals surface area contributed by atoms with Crippen LogP contribution in [0.5, 0.6) is 0 Å². The number of nitrogens with two attached hydrogens (primary N) is 1. The van der Waals surface area contributed by atoms with E-state index in [1.165, 1.54) is 16.9 Å². The largest absolute Gasteiger partial charge is 0.465 e. The first-order valence-corrected chi connectivity index (χ1v) is 12.9. The number of allylic oxidation sites excluding steroid dienone is 1. The molecule has 10 heteroatoms. The molecule has 0 radical (unpaired) electrons. The highest BCUT2D eigenvalue weighted by molar-refractivity contribution is 7.15. The quantitative estimate of drug-likeness (QED) is 0.393. The zero-order valence-electron chi connectivity index (χ0n) is 21.0. The van der Waals surface area contributed by atoms with Gasteiger partial charge in [0.15, 0.2) is 0 Å². The zero-order valence-corrected chi connectivity index (χ0v) is 21.8. The van der Waals surface area contributed by atoms with E-state index in [9.17, 15) is 9.90 Å². The number of nitrogens with zero attached hydrogens (tertiary/aromatic N) is 3. The van der Waals surface area contributed by atoms with Gasteiger partial charge in [0, 0.05) is 25.5 Å². The number of hydrogen-bond donors (Lipinski definition) is 2. The summed E-state index contributed by atoms with van der Waals surface area (Å²) in [4.78, 5) is 14.3. The molecule has 3 aliphatic rings. The highest BCUT2D eigenvalue weighted by atomic mass is 32.1. The minimum Gasteiger partial charge on any atom is -0.465 e. The minimum absolute atomic E-state index is 0.0499. The molecule has 1 amide bonds. The fourth-order valence-electron chi connectivity index (χ4n) is 5.97. The predicted octanol–water partition coefficient (Wildman–Crippen LogP) is 3.74. The van der Waals surface area contributed by atoms with Gasteiger partial charge in [-0.1, -0.05) is 36.8 Å². The monoisotopic (exact) mass is 494 g/mol. The van der Waals surface area contributed by atoms with Crippen LogP contribution < -0.4 is 5.73 Å². The molecule has 7 atom stereocenters. The fraction of sp³-hybridized carbons (Fsp3) is 0.792. The van der Waals surface area contributed by atoms with E-state index in [4.69, 9.17) is 19.9 Å². The normalized spacial score (nSPS) is 35.3. The van der Waals surface area contributed by atoms with Crippen LogP contribution in [-0.4, -0.2) is 75.5 Å². The van der Waals surface area contributed by atoms with Gasteiger partial charge in [-0.2, -0.15) is 0 Å². The molecule has 1 aromatic rings. The molecule has 1 unspecified atom stereocenters. The molecule has 0 aromatic carbocycles. The minimum atomic E-state index is -0.947. The van der Waals surface area contributed by atoms with E-state index < -0.39 is 11.7 Å². The van der Waals surface area contributed by atoms with Crippen molar-refractivity contribution in [3.8, 4) is 0 Å². The van der Waals surface area contributed by atoms with Crippen LogP contribution >= 0.6 is 11.3 Å². The number of anilines is 1. The fourth-order valence-corrected chi connectivity index (χ4v) is 6.63. The maximum Gasteiger partial charge on any atom is 0.407 e. The van der Waals surface area contributed by atoms with Crippen LogP contribution in [0.25, 0.3) is 0 Å². The number of hydrogen-bond acceptors (Lipinski definition) is 8. The summed E-state index contributed by atoms with van der Waals surface area (Å²) in [5, 5.41) is 19.6. The number of carbonyl (C=O) groups is 1. The van der Waals surface area contributed by atoms with Crippen LogP contribution in [0.1, 0.15) is 58.9 Å². The van der Waals surface area contributed by atoms with Crippen molar-refractivity contribution >= 4 is 22.6 Å². The Bertz CT molecular complexity index is 928. The highest BCUT2D eigenvalue weighted by Crippen LogP contribution is 2.60. The molecule has 4 rings (SSSR count). The standard InChI is InChI=1S/C24H38N4O5S/c1-13(2)7-8-17-23(5,33-17)20-19(31-6)15(9-10-24(20)12-32-24)28(22(29)30)16(14(3)4)11-18-26-27-21(25)34-18/h7,14-17,19-20H,8-12H2,1-6H3,(H2,25,27)(H,29,30)/t15-,16?,17-,19-,20-,23+,24+/m1/s1. The molecule has 1 aromatic heterocycles. The first-order chi connectivity index (χ1) is 16.0. The number of aromatic nitrogens is 2. The van der Waals surface area contributed by atoms with E-state index in [0.717, 1.165) is 17.8 Å². The van der Waals surface area contributed by atoms with Crippen molar-refractivity contribution in [2.45, 2.75) is 95.8 Å². The van der Waals surface area contributed by atoms with Crippen LogP contribution in [-0.2, 0) is 20.6 Å². The zero-order chi connectivity index (χ0) is 24.8. The molecule has 3 heterocycles. The van der Waals surface area contributed by atoms with Gasteiger partial charge in [0.1, 0.15) is 10.6 Å². The second-order valence-electron chi connectivity index (χ2n) is 10.7. The maximum atomic E-state index is 12.7. The number of nitrogen functional groups attached to an aromatic ring is 1. The topological polar surface area (TPSA) is 127 Å². The maximum absolute atomic E-state index is 12.7.